The van der Waals surface area contributed by atoms with E-state index in [2.05, 4.69) is 6.92 Å². The van der Waals surface area contributed by atoms with E-state index in [-0.39, 0.29) is 0 Å². The molecule has 0 amide bonds. The second kappa shape index (κ2) is 7.71. The second-order valence-corrected chi connectivity index (χ2v) is 7.00. The van der Waals surface area contributed by atoms with Gasteiger partial charge in [-0.05, 0) is 36.8 Å². The van der Waals surface area contributed by atoms with E-state index in [1.165, 1.54) is 44.6 Å². The molecule has 4 heteroatoms. The molecule has 1 saturated carbocycles. The van der Waals surface area contributed by atoms with Crippen LogP contribution in [0.5, 0.6) is 0 Å². The molecule has 0 N–H and O–H groups in total. The molecular formula is C19H26F2O2. The lowest BCUT2D eigenvalue weighted by molar-refractivity contribution is -0.214. The summed E-state index contributed by atoms with van der Waals surface area (Å²) in [5.74, 6) is 0.307. The van der Waals surface area contributed by atoms with Crippen LogP contribution in [-0.4, -0.2) is 13.2 Å². The average Bonchev–Trinajstić information content (AvgIpc) is 2.59. The quantitative estimate of drug-likeness (QED) is 0.755. The third-order valence-corrected chi connectivity index (χ3v) is 5.39. The topological polar surface area (TPSA) is 18.5 Å². The molecule has 0 bridgehead atoms. The zero-order valence-corrected chi connectivity index (χ0v) is 13.8. The fourth-order valence-electron chi connectivity index (χ4n) is 4.00. The molecule has 1 saturated heterocycles. The third kappa shape index (κ3) is 4.10. The minimum Gasteiger partial charge on any atom is -0.348 e. The zero-order chi connectivity index (χ0) is 16.2. The molecule has 0 aromatic heterocycles. The molecule has 0 radical (unpaired) electrons. The summed E-state index contributed by atoms with van der Waals surface area (Å²) in [5.41, 5.74) is 0.550. The van der Waals surface area contributed by atoms with Gasteiger partial charge in [-0.25, -0.2) is 8.78 Å². The molecule has 2 nitrogen and oxygen atoms in total. The Bertz CT molecular complexity index is 504. The fourth-order valence-corrected chi connectivity index (χ4v) is 4.00. The molecule has 1 aromatic rings. The predicted molar refractivity (Wildman–Crippen MR) is 84.8 cm³/mol. The highest BCUT2D eigenvalue weighted by molar-refractivity contribution is 5.19. The third-order valence-electron chi connectivity index (χ3n) is 5.39. The minimum absolute atomic E-state index is 0.430. The van der Waals surface area contributed by atoms with Crippen LogP contribution in [0, 0.1) is 29.4 Å². The summed E-state index contributed by atoms with van der Waals surface area (Å²) < 4.78 is 37.9. The van der Waals surface area contributed by atoms with E-state index in [9.17, 15) is 8.78 Å². The van der Waals surface area contributed by atoms with Crippen LogP contribution in [0.4, 0.5) is 8.78 Å². The van der Waals surface area contributed by atoms with E-state index in [1.54, 1.807) is 0 Å². The van der Waals surface area contributed by atoms with Crippen molar-refractivity contribution < 1.29 is 18.3 Å². The highest BCUT2D eigenvalue weighted by atomic mass is 19.2. The lowest BCUT2D eigenvalue weighted by Crippen LogP contribution is -2.34. The van der Waals surface area contributed by atoms with Crippen molar-refractivity contribution in [2.24, 2.45) is 17.8 Å². The summed E-state index contributed by atoms with van der Waals surface area (Å²) in [6.07, 6.45) is 7.22. The van der Waals surface area contributed by atoms with Gasteiger partial charge in [-0.3, -0.25) is 0 Å². The molecule has 1 aliphatic carbocycles. The van der Waals surface area contributed by atoms with Crippen molar-refractivity contribution >= 4 is 0 Å². The van der Waals surface area contributed by atoms with E-state index < -0.39 is 17.9 Å². The largest absolute Gasteiger partial charge is 0.348 e. The highest BCUT2D eigenvalue weighted by Gasteiger charge is 2.32. The lowest BCUT2D eigenvalue weighted by atomic mass is 9.75. The van der Waals surface area contributed by atoms with E-state index in [1.807, 2.05) is 0 Å². The Morgan fingerprint density at radius 3 is 2.26 bits per heavy atom. The van der Waals surface area contributed by atoms with Crippen molar-refractivity contribution in [2.45, 2.75) is 51.7 Å². The van der Waals surface area contributed by atoms with Crippen LogP contribution in [0.3, 0.4) is 0 Å². The van der Waals surface area contributed by atoms with Crippen LogP contribution in [0.25, 0.3) is 0 Å². The molecular weight excluding hydrogens is 298 g/mol. The lowest BCUT2D eigenvalue weighted by Gasteiger charge is -2.37. The van der Waals surface area contributed by atoms with Crippen LogP contribution in [0.1, 0.15) is 57.3 Å². The minimum atomic E-state index is -0.855. The molecule has 1 aliphatic heterocycles. The van der Waals surface area contributed by atoms with Crippen molar-refractivity contribution in [1.82, 2.24) is 0 Å². The van der Waals surface area contributed by atoms with Gasteiger partial charge >= 0.3 is 0 Å². The molecule has 0 unspecified atom stereocenters. The van der Waals surface area contributed by atoms with E-state index in [4.69, 9.17) is 9.47 Å². The van der Waals surface area contributed by atoms with E-state index in [0.717, 1.165) is 18.1 Å². The smallest absolute Gasteiger partial charge is 0.183 e. The second-order valence-electron chi connectivity index (χ2n) is 7.00. The number of hydrogen-bond acceptors (Lipinski definition) is 2. The average molecular weight is 324 g/mol. The maximum Gasteiger partial charge on any atom is 0.183 e. The number of ether oxygens (including phenoxy) is 2. The van der Waals surface area contributed by atoms with Gasteiger partial charge in [-0.2, -0.15) is 0 Å². The Kier molecular flexibility index (Phi) is 5.65. The SMILES string of the molecule is CCC[C@H]1CC[C@H](C2COC(c3ccc(F)c(F)c3)OC2)CC1. The van der Waals surface area contributed by atoms with Crippen molar-refractivity contribution in [3.63, 3.8) is 0 Å². The Labute approximate surface area is 137 Å². The number of benzene rings is 1. The number of rotatable bonds is 4. The Morgan fingerprint density at radius 1 is 0.957 bits per heavy atom. The Hall–Kier alpha value is -1.00. The molecule has 1 aromatic carbocycles. The Balaban J connectivity index is 1.50. The summed E-state index contributed by atoms with van der Waals surface area (Å²) in [4.78, 5) is 0. The first-order chi connectivity index (χ1) is 11.2. The van der Waals surface area contributed by atoms with Gasteiger partial charge in [0.2, 0.25) is 0 Å². The normalized spacial score (nSPS) is 32.0. The maximum absolute atomic E-state index is 13.3. The van der Waals surface area contributed by atoms with Gasteiger partial charge in [0.05, 0.1) is 13.2 Å². The van der Waals surface area contributed by atoms with Crippen molar-refractivity contribution in [2.75, 3.05) is 13.2 Å². The Morgan fingerprint density at radius 2 is 1.65 bits per heavy atom. The molecule has 0 atom stereocenters. The number of hydrogen-bond donors (Lipinski definition) is 0. The first kappa shape index (κ1) is 16.8. The summed E-state index contributed by atoms with van der Waals surface area (Å²) in [5, 5.41) is 0. The van der Waals surface area contributed by atoms with Gasteiger partial charge in [0.15, 0.2) is 17.9 Å². The predicted octanol–water partition coefficient (Wildman–Crippen LogP) is 5.23. The van der Waals surface area contributed by atoms with Crippen LogP contribution >= 0.6 is 0 Å². The first-order valence-corrected chi connectivity index (χ1v) is 8.85. The summed E-state index contributed by atoms with van der Waals surface area (Å²) in [6.45, 7) is 3.55. The summed E-state index contributed by atoms with van der Waals surface area (Å²) in [7, 11) is 0. The van der Waals surface area contributed by atoms with Gasteiger partial charge in [-0.15, -0.1) is 0 Å². The van der Waals surface area contributed by atoms with Crippen molar-refractivity contribution in [3.05, 3.63) is 35.4 Å². The molecule has 23 heavy (non-hydrogen) atoms. The van der Waals surface area contributed by atoms with E-state index in [0.29, 0.717) is 30.6 Å². The fraction of sp³-hybridized carbons (Fsp3) is 0.684. The standard InChI is InChI=1S/C19H26F2O2/c1-2-3-13-4-6-14(7-5-13)16-11-22-19(23-12-16)15-8-9-17(20)18(21)10-15/h8-10,13-14,16,19H,2-7,11-12H2,1H3/t13-,14-,16?,19?. The van der Waals surface area contributed by atoms with Gasteiger partial charge in [-0.1, -0.05) is 38.7 Å². The van der Waals surface area contributed by atoms with Crippen molar-refractivity contribution in [3.8, 4) is 0 Å². The summed E-state index contributed by atoms with van der Waals surface area (Å²) in [6, 6.07) is 3.81. The van der Waals surface area contributed by atoms with Crippen LogP contribution in [-0.2, 0) is 9.47 Å². The van der Waals surface area contributed by atoms with Gasteiger partial charge in [0.1, 0.15) is 0 Å². The molecule has 128 valence electrons. The molecule has 1 heterocycles. The van der Waals surface area contributed by atoms with Gasteiger partial charge < -0.3 is 9.47 Å². The molecule has 2 aliphatic rings. The van der Waals surface area contributed by atoms with Gasteiger partial charge in [0, 0.05) is 11.5 Å². The van der Waals surface area contributed by atoms with Crippen LogP contribution in [0.2, 0.25) is 0 Å². The van der Waals surface area contributed by atoms with Crippen LogP contribution in [0.15, 0.2) is 18.2 Å². The van der Waals surface area contributed by atoms with Crippen LogP contribution < -0.4 is 0 Å². The maximum atomic E-state index is 13.3. The highest BCUT2D eigenvalue weighted by Crippen LogP contribution is 2.38. The molecule has 2 fully saturated rings. The molecule has 0 spiro atoms. The monoisotopic (exact) mass is 324 g/mol. The van der Waals surface area contributed by atoms with E-state index >= 15 is 0 Å². The molecule has 3 rings (SSSR count). The van der Waals surface area contributed by atoms with Crippen molar-refractivity contribution in [1.29, 1.82) is 0 Å². The zero-order valence-electron chi connectivity index (χ0n) is 13.8. The first-order valence-electron chi connectivity index (χ1n) is 8.85. The summed E-state index contributed by atoms with van der Waals surface area (Å²) >= 11 is 0. The van der Waals surface area contributed by atoms with Gasteiger partial charge in [0.25, 0.3) is 0 Å². The number of halogens is 2.